The fourth-order valence-electron chi connectivity index (χ4n) is 4.39. The van der Waals surface area contributed by atoms with Crippen molar-refractivity contribution in [3.8, 4) is 0 Å². The molecule has 32 heavy (non-hydrogen) atoms. The molecule has 176 valence electrons. The van der Waals surface area contributed by atoms with E-state index in [1.165, 1.54) is 0 Å². The van der Waals surface area contributed by atoms with Crippen LogP contribution >= 0.6 is 23.2 Å². The second kappa shape index (κ2) is 10.6. The highest BCUT2D eigenvalue weighted by Crippen LogP contribution is 2.30. The highest BCUT2D eigenvalue weighted by Gasteiger charge is 2.40. The van der Waals surface area contributed by atoms with Gasteiger partial charge in [-0.15, -0.1) is 0 Å². The number of aliphatic hydroxyl groups is 1. The van der Waals surface area contributed by atoms with Gasteiger partial charge in [0.05, 0.1) is 54.5 Å². The summed E-state index contributed by atoms with van der Waals surface area (Å²) in [6.07, 6.45) is 3.45. The number of hydrogen-bond acceptors (Lipinski definition) is 5. The number of carbonyl (C=O) groups excluding carboxylic acids is 2. The van der Waals surface area contributed by atoms with Crippen LogP contribution in [0.1, 0.15) is 38.5 Å². The minimum atomic E-state index is -0.804. The Morgan fingerprint density at radius 2 is 1.94 bits per heavy atom. The monoisotopic (exact) mass is 485 g/mol. The Bertz CT molecular complexity index is 838. The van der Waals surface area contributed by atoms with Crippen LogP contribution in [-0.4, -0.2) is 72.1 Å². The molecule has 1 aliphatic carbocycles. The summed E-state index contributed by atoms with van der Waals surface area (Å²) in [6, 6.07) is 4.52. The molecule has 0 unspecified atom stereocenters. The lowest BCUT2D eigenvalue weighted by Crippen LogP contribution is -2.58. The van der Waals surface area contributed by atoms with Crippen LogP contribution in [0.4, 0.5) is 10.5 Å². The van der Waals surface area contributed by atoms with E-state index in [1.54, 1.807) is 23.1 Å². The van der Waals surface area contributed by atoms with E-state index >= 15 is 0 Å². The molecule has 1 saturated carbocycles. The minimum Gasteiger partial charge on any atom is -0.389 e. The van der Waals surface area contributed by atoms with Crippen molar-refractivity contribution >= 4 is 40.8 Å². The normalized spacial score (nSPS) is 28.7. The Hall–Kier alpha value is -1.58. The summed E-state index contributed by atoms with van der Waals surface area (Å²) < 4.78 is 11.8. The van der Waals surface area contributed by atoms with Gasteiger partial charge in [-0.2, -0.15) is 0 Å². The molecule has 4 atom stereocenters. The van der Waals surface area contributed by atoms with Gasteiger partial charge in [0.1, 0.15) is 6.10 Å². The van der Waals surface area contributed by atoms with Crippen LogP contribution in [0.2, 0.25) is 10.0 Å². The summed E-state index contributed by atoms with van der Waals surface area (Å²) >= 11 is 12.0. The standard InChI is InChI=1S/C22H29Cl2N3O5/c23-17-6-4-14(8-18(17)24)26-22(30)27-10-15(28)11-31-12-20-19(27)7-5-16(32-20)9-21(29)25-13-2-1-3-13/h4,6,8,13,15-16,19-20,28H,1-3,5,7,9-12H2,(H,25,29)(H,26,30)/t15-,16+,19-,20+/m0/s1. The Morgan fingerprint density at radius 3 is 2.66 bits per heavy atom. The maximum absolute atomic E-state index is 13.1. The molecule has 0 bridgehead atoms. The number of nitrogens with one attached hydrogen (secondary N) is 2. The van der Waals surface area contributed by atoms with Crippen LogP contribution in [0.15, 0.2) is 18.2 Å². The Labute approximate surface area is 197 Å². The molecule has 2 heterocycles. The summed E-state index contributed by atoms with van der Waals surface area (Å²) in [4.78, 5) is 27.0. The highest BCUT2D eigenvalue weighted by atomic mass is 35.5. The number of nitrogens with zero attached hydrogens (tertiary/aromatic N) is 1. The van der Waals surface area contributed by atoms with Gasteiger partial charge in [-0.05, 0) is 50.3 Å². The van der Waals surface area contributed by atoms with E-state index < -0.39 is 6.10 Å². The first-order valence-corrected chi connectivity index (χ1v) is 11.9. The molecule has 3 N–H and O–H groups in total. The van der Waals surface area contributed by atoms with Gasteiger partial charge in [-0.1, -0.05) is 23.2 Å². The van der Waals surface area contributed by atoms with Gasteiger partial charge in [0.25, 0.3) is 0 Å². The van der Waals surface area contributed by atoms with Crippen molar-refractivity contribution in [1.82, 2.24) is 10.2 Å². The van der Waals surface area contributed by atoms with E-state index in [2.05, 4.69) is 10.6 Å². The van der Waals surface area contributed by atoms with E-state index in [0.717, 1.165) is 19.3 Å². The molecule has 0 spiro atoms. The molecule has 2 aliphatic heterocycles. The van der Waals surface area contributed by atoms with Crippen molar-refractivity contribution in [2.75, 3.05) is 25.1 Å². The average Bonchev–Trinajstić information content (AvgIpc) is 2.71. The number of urea groups is 1. The van der Waals surface area contributed by atoms with Gasteiger partial charge < -0.3 is 30.1 Å². The zero-order chi connectivity index (χ0) is 22.7. The number of carbonyl (C=O) groups is 2. The van der Waals surface area contributed by atoms with Gasteiger partial charge >= 0.3 is 6.03 Å². The number of amides is 3. The predicted octanol–water partition coefficient (Wildman–Crippen LogP) is 3.19. The van der Waals surface area contributed by atoms with E-state index in [1.807, 2.05) is 0 Å². The Kier molecular flexibility index (Phi) is 7.78. The van der Waals surface area contributed by atoms with Crippen molar-refractivity contribution in [2.45, 2.75) is 68.9 Å². The van der Waals surface area contributed by atoms with Crippen molar-refractivity contribution < 1.29 is 24.2 Å². The second-order valence-corrected chi connectivity index (χ2v) is 9.56. The SMILES string of the molecule is O=C(C[C@H]1CC[C@H]2[C@@H](COC[C@@H](O)CN2C(=O)Nc2ccc(Cl)c(Cl)c2)O1)NC1CCC1. The number of rotatable bonds is 4. The smallest absolute Gasteiger partial charge is 0.322 e. The predicted molar refractivity (Wildman–Crippen MR) is 121 cm³/mol. The van der Waals surface area contributed by atoms with E-state index in [4.69, 9.17) is 32.7 Å². The van der Waals surface area contributed by atoms with Crippen LogP contribution < -0.4 is 10.6 Å². The summed E-state index contributed by atoms with van der Waals surface area (Å²) in [5, 5.41) is 16.9. The first-order valence-electron chi connectivity index (χ1n) is 11.1. The molecule has 1 aromatic carbocycles. The summed E-state index contributed by atoms with van der Waals surface area (Å²) in [5.74, 6) is 0.00884. The molecule has 10 heteroatoms. The lowest BCUT2D eigenvalue weighted by atomic mass is 9.92. The largest absolute Gasteiger partial charge is 0.389 e. The lowest BCUT2D eigenvalue weighted by molar-refractivity contribution is -0.150. The quantitative estimate of drug-likeness (QED) is 0.607. The third-order valence-electron chi connectivity index (χ3n) is 6.30. The molecule has 4 rings (SSSR count). The zero-order valence-electron chi connectivity index (χ0n) is 17.8. The maximum atomic E-state index is 13.1. The first kappa shape index (κ1) is 23.6. The van der Waals surface area contributed by atoms with E-state index in [0.29, 0.717) is 41.0 Å². The molecule has 3 aliphatic rings. The fraction of sp³-hybridized carbons (Fsp3) is 0.636. The number of halogens is 2. The average molecular weight is 486 g/mol. The van der Waals surface area contributed by atoms with E-state index in [9.17, 15) is 14.7 Å². The number of aliphatic hydroxyl groups excluding tert-OH is 1. The van der Waals surface area contributed by atoms with Gasteiger partial charge in [0.15, 0.2) is 0 Å². The summed E-state index contributed by atoms with van der Waals surface area (Å²) in [5.41, 5.74) is 0.510. The van der Waals surface area contributed by atoms with Crippen LogP contribution in [0, 0.1) is 0 Å². The molecule has 3 fully saturated rings. The Balaban J connectivity index is 1.40. The van der Waals surface area contributed by atoms with Crippen molar-refractivity contribution in [2.24, 2.45) is 0 Å². The minimum absolute atomic E-state index is 0.00884. The number of hydrogen-bond donors (Lipinski definition) is 3. The Morgan fingerprint density at radius 1 is 1.12 bits per heavy atom. The molecular formula is C22H29Cl2N3O5. The molecule has 8 nitrogen and oxygen atoms in total. The van der Waals surface area contributed by atoms with Crippen LogP contribution in [0.25, 0.3) is 0 Å². The van der Waals surface area contributed by atoms with Crippen molar-refractivity contribution in [1.29, 1.82) is 0 Å². The van der Waals surface area contributed by atoms with Gasteiger partial charge in [-0.25, -0.2) is 4.79 Å². The van der Waals surface area contributed by atoms with Gasteiger partial charge in [0, 0.05) is 11.7 Å². The number of anilines is 1. The van der Waals surface area contributed by atoms with Crippen LogP contribution in [-0.2, 0) is 14.3 Å². The summed E-state index contributed by atoms with van der Waals surface area (Å²) in [6.45, 7) is 0.472. The van der Waals surface area contributed by atoms with Gasteiger partial charge in [0.2, 0.25) is 5.91 Å². The van der Waals surface area contributed by atoms with Crippen molar-refractivity contribution in [3.63, 3.8) is 0 Å². The second-order valence-electron chi connectivity index (χ2n) is 8.74. The number of ether oxygens (including phenoxy) is 2. The highest BCUT2D eigenvalue weighted by molar-refractivity contribution is 6.42. The molecule has 0 aromatic heterocycles. The molecule has 2 saturated heterocycles. The number of benzene rings is 1. The van der Waals surface area contributed by atoms with E-state index in [-0.39, 0.29) is 49.9 Å². The molecule has 0 radical (unpaired) electrons. The van der Waals surface area contributed by atoms with Crippen LogP contribution in [0.5, 0.6) is 0 Å². The third-order valence-corrected chi connectivity index (χ3v) is 7.04. The number of fused-ring (bicyclic) bond motifs is 1. The summed E-state index contributed by atoms with van der Waals surface area (Å²) in [7, 11) is 0. The van der Waals surface area contributed by atoms with Crippen molar-refractivity contribution in [3.05, 3.63) is 28.2 Å². The maximum Gasteiger partial charge on any atom is 0.322 e. The fourth-order valence-corrected chi connectivity index (χ4v) is 4.69. The number of β-amino-alcohol motifs (C(OH)–C–C–N with tert-alkyl or cyclic N) is 1. The van der Waals surface area contributed by atoms with Crippen LogP contribution in [0.3, 0.4) is 0 Å². The molecule has 3 amide bonds. The third kappa shape index (κ3) is 5.85. The molecule has 1 aromatic rings. The lowest BCUT2D eigenvalue weighted by Gasteiger charge is -2.44. The first-order chi connectivity index (χ1) is 15.4. The topological polar surface area (TPSA) is 100 Å². The van der Waals surface area contributed by atoms with Gasteiger partial charge in [-0.3, -0.25) is 4.79 Å². The zero-order valence-corrected chi connectivity index (χ0v) is 19.3. The molecular weight excluding hydrogens is 457 g/mol.